The van der Waals surface area contributed by atoms with Gasteiger partial charge in [-0.2, -0.15) is 5.10 Å². The van der Waals surface area contributed by atoms with Gasteiger partial charge in [-0.1, -0.05) is 18.2 Å². The molecule has 24 heavy (non-hydrogen) atoms. The molecule has 0 spiro atoms. The van der Waals surface area contributed by atoms with Crippen molar-refractivity contribution < 1.29 is 4.79 Å². The number of rotatable bonds is 5. The van der Waals surface area contributed by atoms with Crippen LogP contribution in [0, 0.1) is 0 Å². The fourth-order valence-electron chi connectivity index (χ4n) is 2.75. The maximum Gasteiger partial charge on any atom is 0.248 e. The summed E-state index contributed by atoms with van der Waals surface area (Å²) in [6.07, 6.45) is 5.18. The predicted molar refractivity (Wildman–Crippen MR) is 94.5 cm³/mol. The van der Waals surface area contributed by atoms with E-state index in [9.17, 15) is 4.79 Å². The van der Waals surface area contributed by atoms with Gasteiger partial charge in [-0.3, -0.25) is 14.5 Å². The van der Waals surface area contributed by atoms with Gasteiger partial charge in [0.15, 0.2) is 0 Å². The summed E-state index contributed by atoms with van der Waals surface area (Å²) in [5.74, 6) is 0.00945. The van der Waals surface area contributed by atoms with Crippen molar-refractivity contribution in [2.75, 3.05) is 4.90 Å². The smallest absolute Gasteiger partial charge is 0.248 e. The zero-order valence-electron chi connectivity index (χ0n) is 13.8. The standard InChI is InChI=1S/C19H20N4O/c1-15(2)23(17-6-4-3-5-7-17)19(24)14-22-18(10-13-21-22)16-8-11-20-12-9-16/h3-13,15H,14H2,1-2H3. The average Bonchev–Trinajstić information content (AvgIpc) is 3.04. The molecule has 0 radical (unpaired) electrons. The molecule has 0 aliphatic carbocycles. The van der Waals surface area contributed by atoms with Crippen LogP contribution in [0.15, 0.2) is 67.1 Å². The molecule has 122 valence electrons. The molecule has 0 aliphatic heterocycles. The van der Waals surface area contributed by atoms with Crippen molar-refractivity contribution in [1.29, 1.82) is 0 Å². The lowest BCUT2D eigenvalue weighted by Gasteiger charge is -2.27. The summed E-state index contributed by atoms with van der Waals surface area (Å²) in [5.41, 5.74) is 2.80. The van der Waals surface area contributed by atoms with E-state index < -0.39 is 0 Å². The van der Waals surface area contributed by atoms with Gasteiger partial charge in [0.25, 0.3) is 0 Å². The molecule has 2 aromatic heterocycles. The van der Waals surface area contributed by atoms with Crippen molar-refractivity contribution in [2.24, 2.45) is 0 Å². The first kappa shape index (κ1) is 15.9. The number of carbonyl (C=O) groups excluding carboxylic acids is 1. The molecule has 0 atom stereocenters. The number of anilines is 1. The van der Waals surface area contributed by atoms with Crippen LogP contribution in [0.1, 0.15) is 13.8 Å². The number of hydrogen-bond acceptors (Lipinski definition) is 3. The Bertz CT molecular complexity index is 797. The van der Waals surface area contributed by atoms with Crippen molar-refractivity contribution in [3.8, 4) is 11.3 Å². The predicted octanol–water partition coefficient (Wildman–Crippen LogP) is 3.39. The number of amides is 1. The van der Waals surface area contributed by atoms with Crippen molar-refractivity contribution >= 4 is 11.6 Å². The van der Waals surface area contributed by atoms with Gasteiger partial charge in [-0.15, -0.1) is 0 Å². The molecule has 1 amide bonds. The Morgan fingerprint density at radius 1 is 1.04 bits per heavy atom. The van der Waals surface area contributed by atoms with Crippen LogP contribution in [-0.4, -0.2) is 26.7 Å². The minimum atomic E-state index is 0.00945. The molecule has 5 heteroatoms. The number of aromatic nitrogens is 3. The first-order valence-corrected chi connectivity index (χ1v) is 7.96. The zero-order valence-corrected chi connectivity index (χ0v) is 13.8. The van der Waals surface area contributed by atoms with Gasteiger partial charge in [-0.25, -0.2) is 0 Å². The molecule has 0 aliphatic rings. The summed E-state index contributed by atoms with van der Waals surface area (Å²) in [7, 11) is 0. The highest BCUT2D eigenvalue weighted by Gasteiger charge is 2.20. The molecule has 5 nitrogen and oxygen atoms in total. The zero-order chi connectivity index (χ0) is 16.9. The number of carbonyl (C=O) groups is 1. The lowest BCUT2D eigenvalue weighted by molar-refractivity contribution is -0.119. The van der Waals surface area contributed by atoms with Gasteiger partial charge < -0.3 is 4.90 Å². The molecular weight excluding hydrogens is 300 g/mol. The van der Waals surface area contributed by atoms with E-state index in [1.54, 1.807) is 28.2 Å². The lowest BCUT2D eigenvalue weighted by atomic mass is 10.2. The van der Waals surface area contributed by atoms with Crippen LogP contribution in [0.25, 0.3) is 11.3 Å². The number of para-hydroxylation sites is 1. The van der Waals surface area contributed by atoms with Crippen molar-refractivity contribution in [1.82, 2.24) is 14.8 Å². The van der Waals surface area contributed by atoms with Crippen molar-refractivity contribution in [3.05, 3.63) is 67.1 Å². The molecule has 0 saturated carbocycles. The highest BCUT2D eigenvalue weighted by molar-refractivity contribution is 5.93. The van der Waals surface area contributed by atoms with Crippen molar-refractivity contribution in [2.45, 2.75) is 26.4 Å². The number of benzene rings is 1. The van der Waals surface area contributed by atoms with E-state index >= 15 is 0 Å². The fraction of sp³-hybridized carbons (Fsp3) is 0.211. The summed E-state index contributed by atoms with van der Waals surface area (Å²) >= 11 is 0. The SMILES string of the molecule is CC(C)N(C(=O)Cn1nccc1-c1ccncc1)c1ccccc1. The Kier molecular flexibility index (Phi) is 4.70. The Labute approximate surface area is 141 Å². The molecule has 0 fully saturated rings. The molecule has 1 aromatic carbocycles. The minimum Gasteiger partial charge on any atom is -0.308 e. The van der Waals surface area contributed by atoms with E-state index in [2.05, 4.69) is 10.1 Å². The summed E-state index contributed by atoms with van der Waals surface area (Å²) in [6, 6.07) is 15.5. The Balaban J connectivity index is 1.86. The van der Waals surface area contributed by atoms with Gasteiger partial charge in [0, 0.05) is 35.9 Å². The number of pyridine rings is 1. The van der Waals surface area contributed by atoms with E-state index in [1.165, 1.54) is 0 Å². The largest absolute Gasteiger partial charge is 0.308 e. The van der Waals surface area contributed by atoms with Gasteiger partial charge in [0.05, 0.1) is 5.69 Å². The highest BCUT2D eigenvalue weighted by Crippen LogP contribution is 2.20. The minimum absolute atomic E-state index is 0.00945. The van der Waals surface area contributed by atoms with Gasteiger partial charge in [-0.05, 0) is 44.2 Å². The highest BCUT2D eigenvalue weighted by atomic mass is 16.2. The molecule has 0 unspecified atom stereocenters. The normalized spacial score (nSPS) is 10.8. The monoisotopic (exact) mass is 320 g/mol. The first-order chi connectivity index (χ1) is 11.7. The van der Waals surface area contributed by atoms with Gasteiger partial charge >= 0.3 is 0 Å². The van der Waals surface area contributed by atoms with E-state index in [-0.39, 0.29) is 18.5 Å². The van der Waals surface area contributed by atoms with Gasteiger partial charge in [0.1, 0.15) is 6.54 Å². The van der Waals surface area contributed by atoms with Crippen molar-refractivity contribution in [3.63, 3.8) is 0 Å². The molecule has 0 N–H and O–H groups in total. The molecule has 3 rings (SSSR count). The summed E-state index contributed by atoms with van der Waals surface area (Å²) < 4.78 is 1.73. The van der Waals surface area contributed by atoms with Crippen LogP contribution >= 0.6 is 0 Å². The van der Waals surface area contributed by atoms with E-state index in [4.69, 9.17) is 0 Å². The second kappa shape index (κ2) is 7.08. The third kappa shape index (κ3) is 3.35. The second-order valence-corrected chi connectivity index (χ2v) is 5.80. The van der Waals surface area contributed by atoms with E-state index in [1.807, 2.05) is 62.4 Å². The van der Waals surface area contributed by atoms with Crippen LogP contribution in [0.3, 0.4) is 0 Å². The quantitative estimate of drug-likeness (QED) is 0.724. The third-order valence-corrected chi connectivity index (χ3v) is 3.80. The topological polar surface area (TPSA) is 51.0 Å². The van der Waals surface area contributed by atoms with Crippen LogP contribution < -0.4 is 4.90 Å². The van der Waals surface area contributed by atoms with E-state index in [0.717, 1.165) is 16.9 Å². The fourth-order valence-corrected chi connectivity index (χ4v) is 2.75. The molecule has 2 heterocycles. The van der Waals surface area contributed by atoms with Gasteiger partial charge in [0.2, 0.25) is 5.91 Å². The van der Waals surface area contributed by atoms with Crippen LogP contribution in [0.4, 0.5) is 5.69 Å². The Morgan fingerprint density at radius 3 is 2.42 bits per heavy atom. The number of hydrogen-bond donors (Lipinski definition) is 0. The average molecular weight is 320 g/mol. The van der Waals surface area contributed by atoms with Crippen LogP contribution in [0.2, 0.25) is 0 Å². The van der Waals surface area contributed by atoms with Crippen LogP contribution in [-0.2, 0) is 11.3 Å². The lowest BCUT2D eigenvalue weighted by Crippen LogP contribution is -2.39. The first-order valence-electron chi connectivity index (χ1n) is 7.96. The summed E-state index contributed by atoms with van der Waals surface area (Å²) in [5, 5.41) is 4.32. The third-order valence-electron chi connectivity index (χ3n) is 3.80. The molecule has 0 bridgehead atoms. The van der Waals surface area contributed by atoms with Crippen LogP contribution in [0.5, 0.6) is 0 Å². The Morgan fingerprint density at radius 2 is 1.75 bits per heavy atom. The maximum atomic E-state index is 12.9. The number of nitrogens with zero attached hydrogens (tertiary/aromatic N) is 4. The summed E-state index contributed by atoms with van der Waals surface area (Å²) in [4.78, 5) is 18.7. The maximum absolute atomic E-state index is 12.9. The second-order valence-electron chi connectivity index (χ2n) is 5.80. The summed E-state index contributed by atoms with van der Waals surface area (Å²) in [6.45, 7) is 4.22. The molecular formula is C19H20N4O. The molecule has 3 aromatic rings. The Hall–Kier alpha value is -2.95. The molecule has 0 saturated heterocycles. The van der Waals surface area contributed by atoms with E-state index in [0.29, 0.717) is 0 Å².